The molecule has 1 fully saturated rings. The van der Waals surface area contributed by atoms with Crippen molar-refractivity contribution in [1.29, 1.82) is 0 Å². The smallest absolute Gasteiger partial charge is 0.265 e. The Morgan fingerprint density at radius 3 is 2.44 bits per heavy atom. The molecule has 2 aromatic rings. The molecule has 3 rings (SSSR count). The molecule has 1 saturated carbocycles. The molecule has 0 aliphatic heterocycles. The minimum absolute atomic E-state index is 0.173. The van der Waals surface area contributed by atoms with Crippen LogP contribution in [0.3, 0.4) is 0 Å². The van der Waals surface area contributed by atoms with Gasteiger partial charge >= 0.3 is 0 Å². The van der Waals surface area contributed by atoms with Gasteiger partial charge in [0, 0.05) is 5.69 Å². The number of anilines is 1. The Morgan fingerprint density at radius 2 is 1.76 bits per heavy atom. The van der Waals surface area contributed by atoms with E-state index in [4.69, 9.17) is 9.47 Å². The Balaban J connectivity index is 1.54. The Kier molecular flexibility index (Phi) is 5.59. The minimum Gasteiger partial charge on any atom is -0.490 e. The number of para-hydroxylation sites is 1. The van der Waals surface area contributed by atoms with Gasteiger partial charge in [-0.15, -0.1) is 0 Å². The number of amides is 1. The Hall–Kier alpha value is -2.49. The van der Waals surface area contributed by atoms with Crippen molar-refractivity contribution in [2.45, 2.75) is 51.7 Å². The quantitative estimate of drug-likeness (QED) is 0.828. The lowest BCUT2D eigenvalue weighted by atomic mass is 10.2. The first kappa shape index (κ1) is 17.3. The Labute approximate surface area is 149 Å². The van der Waals surface area contributed by atoms with Gasteiger partial charge in [0.1, 0.15) is 11.5 Å². The number of hydrogen-bond acceptors (Lipinski definition) is 3. The van der Waals surface area contributed by atoms with E-state index in [1.165, 1.54) is 12.8 Å². The third kappa shape index (κ3) is 4.75. The fraction of sp³-hybridized carbons (Fsp3) is 0.381. The second-order valence-electron chi connectivity index (χ2n) is 6.56. The molecule has 1 aliphatic rings. The first-order chi connectivity index (χ1) is 12.1. The van der Waals surface area contributed by atoms with Gasteiger partial charge in [-0.25, -0.2) is 0 Å². The molecule has 0 bridgehead atoms. The van der Waals surface area contributed by atoms with Crippen LogP contribution in [0.4, 0.5) is 5.69 Å². The largest absolute Gasteiger partial charge is 0.490 e. The fourth-order valence-corrected chi connectivity index (χ4v) is 2.99. The van der Waals surface area contributed by atoms with Gasteiger partial charge in [0.25, 0.3) is 5.91 Å². The van der Waals surface area contributed by atoms with Crippen molar-refractivity contribution < 1.29 is 14.3 Å². The summed E-state index contributed by atoms with van der Waals surface area (Å²) < 4.78 is 11.7. The normalized spacial score (nSPS) is 15.6. The minimum atomic E-state index is -0.574. The van der Waals surface area contributed by atoms with Gasteiger partial charge in [0.05, 0.1) is 6.10 Å². The highest BCUT2D eigenvalue weighted by atomic mass is 16.5. The van der Waals surface area contributed by atoms with Crippen LogP contribution in [0.1, 0.15) is 38.2 Å². The monoisotopic (exact) mass is 339 g/mol. The molecule has 0 radical (unpaired) electrons. The lowest BCUT2D eigenvalue weighted by Gasteiger charge is -2.17. The number of nitrogens with one attached hydrogen (secondary N) is 1. The predicted octanol–water partition coefficient (Wildman–Crippen LogP) is 4.72. The van der Waals surface area contributed by atoms with Crippen molar-refractivity contribution in [3.63, 3.8) is 0 Å². The summed E-state index contributed by atoms with van der Waals surface area (Å²) in [7, 11) is 0. The number of benzene rings is 2. The molecule has 0 saturated heterocycles. The summed E-state index contributed by atoms with van der Waals surface area (Å²) in [5, 5.41) is 2.88. The second kappa shape index (κ2) is 8.06. The van der Waals surface area contributed by atoms with Crippen LogP contribution in [-0.2, 0) is 4.79 Å². The lowest BCUT2D eigenvalue weighted by molar-refractivity contribution is -0.122. The number of carbonyl (C=O) groups excluding carboxylic acids is 1. The van der Waals surface area contributed by atoms with Gasteiger partial charge in [-0.2, -0.15) is 0 Å². The van der Waals surface area contributed by atoms with Crippen molar-refractivity contribution >= 4 is 11.6 Å². The maximum Gasteiger partial charge on any atom is 0.265 e. The summed E-state index contributed by atoms with van der Waals surface area (Å²) in [6.07, 6.45) is 4.52. The molecule has 0 spiro atoms. The van der Waals surface area contributed by atoms with Crippen molar-refractivity contribution in [3.8, 4) is 11.5 Å². The van der Waals surface area contributed by atoms with Gasteiger partial charge < -0.3 is 14.8 Å². The zero-order valence-corrected chi connectivity index (χ0v) is 14.8. The number of carbonyl (C=O) groups is 1. The topological polar surface area (TPSA) is 47.6 Å². The van der Waals surface area contributed by atoms with Gasteiger partial charge in [0.15, 0.2) is 6.10 Å². The highest BCUT2D eigenvalue weighted by molar-refractivity contribution is 5.94. The van der Waals surface area contributed by atoms with Gasteiger partial charge in [-0.1, -0.05) is 18.2 Å². The van der Waals surface area contributed by atoms with Crippen molar-refractivity contribution in [2.24, 2.45) is 0 Å². The third-order valence-corrected chi connectivity index (χ3v) is 4.49. The number of ether oxygens (including phenoxy) is 2. The zero-order chi connectivity index (χ0) is 17.6. The van der Waals surface area contributed by atoms with Gasteiger partial charge in [0.2, 0.25) is 0 Å². The van der Waals surface area contributed by atoms with Crippen LogP contribution in [0.2, 0.25) is 0 Å². The molecule has 4 heteroatoms. The zero-order valence-electron chi connectivity index (χ0n) is 14.8. The number of aryl methyl sites for hydroxylation is 1. The first-order valence-corrected chi connectivity index (χ1v) is 8.92. The van der Waals surface area contributed by atoms with E-state index in [-0.39, 0.29) is 5.91 Å². The third-order valence-electron chi connectivity index (χ3n) is 4.49. The van der Waals surface area contributed by atoms with E-state index in [2.05, 4.69) is 5.32 Å². The molecule has 1 amide bonds. The first-order valence-electron chi connectivity index (χ1n) is 8.92. The molecular weight excluding hydrogens is 314 g/mol. The maximum absolute atomic E-state index is 12.3. The van der Waals surface area contributed by atoms with E-state index < -0.39 is 6.10 Å². The van der Waals surface area contributed by atoms with E-state index in [1.807, 2.05) is 55.5 Å². The van der Waals surface area contributed by atoms with E-state index >= 15 is 0 Å². The molecule has 1 aliphatic carbocycles. The molecule has 1 atom stereocenters. The molecule has 2 aromatic carbocycles. The number of rotatable bonds is 6. The van der Waals surface area contributed by atoms with Crippen LogP contribution < -0.4 is 14.8 Å². The Bertz CT molecular complexity index is 705. The summed E-state index contributed by atoms with van der Waals surface area (Å²) in [4.78, 5) is 12.3. The predicted molar refractivity (Wildman–Crippen MR) is 99.2 cm³/mol. The molecule has 0 unspecified atom stereocenters. The van der Waals surface area contributed by atoms with Crippen molar-refractivity contribution in [3.05, 3.63) is 54.1 Å². The summed E-state index contributed by atoms with van der Waals surface area (Å²) in [6.45, 7) is 3.71. The molecule has 4 nitrogen and oxygen atoms in total. The standard InChI is InChI=1S/C21H25NO3/c1-15-7-3-6-10-20(15)24-16(2)21(23)22-17-11-13-19(14-12-17)25-18-8-4-5-9-18/h3,6-7,10-14,16,18H,4-5,8-9H2,1-2H3,(H,22,23)/t16-/m0/s1. The Morgan fingerprint density at radius 1 is 1.08 bits per heavy atom. The van der Waals surface area contributed by atoms with Crippen LogP contribution in [0.25, 0.3) is 0 Å². The van der Waals surface area contributed by atoms with E-state index in [0.717, 1.165) is 35.6 Å². The summed E-state index contributed by atoms with van der Waals surface area (Å²) in [5.41, 5.74) is 1.75. The molecular formula is C21H25NO3. The molecule has 132 valence electrons. The summed E-state index contributed by atoms with van der Waals surface area (Å²) in [5.74, 6) is 1.41. The molecule has 0 heterocycles. The molecule has 1 N–H and O–H groups in total. The highest BCUT2D eigenvalue weighted by Gasteiger charge is 2.17. The van der Waals surface area contributed by atoms with E-state index in [9.17, 15) is 4.79 Å². The lowest BCUT2D eigenvalue weighted by Crippen LogP contribution is -2.30. The highest BCUT2D eigenvalue weighted by Crippen LogP contribution is 2.25. The van der Waals surface area contributed by atoms with Gasteiger partial charge in [-0.05, 0) is 75.4 Å². The van der Waals surface area contributed by atoms with E-state index in [0.29, 0.717) is 6.10 Å². The van der Waals surface area contributed by atoms with Crippen molar-refractivity contribution in [2.75, 3.05) is 5.32 Å². The van der Waals surface area contributed by atoms with Crippen LogP contribution in [-0.4, -0.2) is 18.1 Å². The van der Waals surface area contributed by atoms with Crippen LogP contribution >= 0.6 is 0 Å². The van der Waals surface area contributed by atoms with Crippen LogP contribution in [0.15, 0.2) is 48.5 Å². The average Bonchev–Trinajstić information content (AvgIpc) is 3.11. The van der Waals surface area contributed by atoms with Crippen molar-refractivity contribution in [1.82, 2.24) is 0 Å². The van der Waals surface area contributed by atoms with Gasteiger partial charge in [-0.3, -0.25) is 4.79 Å². The number of hydrogen-bond donors (Lipinski definition) is 1. The maximum atomic E-state index is 12.3. The van der Waals surface area contributed by atoms with E-state index in [1.54, 1.807) is 6.92 Å². The van der Waals surface area contributed by atoms with Crippen LogP contribution in [0, 0.1) is 6.92 Å². The summed E-state index contributed by atoms with van der Waals surface area (Å²) in [6, 6.07) is 15.2. The SMILES string of the molecule is Cc1ccccc1O[C@@H](C)C(=O)Nc1ccc(OC2CCCC2)cc1. The molecule has 0 aromatic heterocycles. The average molecular weight is 339 g/mol. The molecule has 25 heavy (non-hydrogen) atoms. The second-order valence-corrected chi connectivity index (χ2v) is 6.56. The fourth-order valence-electron chi connectivity index (χ4n) is 2.99. The summed E-state index contributed by atoms with van der Waals surface area (Å²) >= 11 is 0. The van der Waals surface area contributed by atoms with Crippen LogP contribution in [0.5, 0.6) is 11.5 Å².